The Bertz CT molecular complexity index is 613. The summed E-state index contributed by atoms with van der Waals surface area (Å²) < 4.78 is 24.4. The fourth-order valence-corrected chi connectivity index (χ4v) is 4.24. The van der Waals surface area contributed by atoms with Crippen LogP contribution in [0.1, 0.15) is 33.3 Å². The highest BCUT2D eigenvalue weighted by Crippen LogP contribution is 2.40. The summed E-state index contributed by atoms with van der Waals surface area (Å²) in [5, 5.41) is 11.0. The fraction of sp³-hybridized carbons (Fsp3) is 0.636. The molecule has 6 heteroatoms. The molecule has 1 saturated heterocycles. The second-order valence-electron chi connectivity index (χ2n) is 8.93. The van der Waals surface area contributed by atoms with Crippen molar-refractivity contribution in [2.45, 2.75) is 83.1 Å². The molecule has 0 radical (unpaired) electrons. The van der Waals surface area contributed by atoms with E-state index >= 15 is 0 Å². The molecule has 0 unspecified atom stereocenters. The molecule has 1 aliphatic rings. The minimum atomic E-state index is -2.15. The zero-order valence-electron chi connectivity index (χ0n) is 18.1. The van der Waals surface area contributed by atoms with E-state index < -0.39 is 32.9 Å². The quantitative estimate of drug-likeness (QED) is 0.514. The predicted molar refractivity (Wildman–Crippen MR) is 114 cm³/mol. The maximum absolute atomic E-state index is 11.0. The number of hydrogen-bond donors (Lipinski definition) is 1. The van der Waals surface area contributed by atoms with Crippen LogP contribution in [0.4, 0.5) is 0 Å². The third-order valence-corrected chi connectivity index (χ3v) is 10.1. The van der Waals surface area contributed by atoms with Crippen molar-refractivity contribution in [1.82, 2.24) is 0 Å². The van der Waals surface area contributed by atoms with Gasteiger partial charge >= 0.3 is 0 Å². The second-order valence-corrected chi connectivity index (χ2v) is 13.7. The van der Waals surface area contributed by atoms with Gasteiger partial charge in [-0.05, 0) is 30.6 Å². The van der Waals surface area contributed by atoms with Gasteiger partial charge in [-0.1, -0.05) is 57.2 Å². The molecule has 2 rings (SSSR count). The van der Waals surface area contributed by atoms with Gasteiger partial charge in [-0.15, -0.1) is 6.58 Å². The third-order valence-electron chi connectivity index (χ3n) is 5.65. The van der Waals surface area contributed by atoms with Crippen LogP contribution in [0.3, 0.4) is 0 Å². The van der Waals surface area contributed by atoms with E-state index in [1.54, 1.807) is 6.08 Å². The highest BCUT2D eigenvalue weighted by Gasteiger charge is 2.50. The van der Waals surface area contributed by atoms with Gasteiger partial charge in [-0.25, -0.2) is 0 Å². The molecule has 0 aromatic heterocycles. The van der Waals surface area contributed by atoms with Gasteiger partial charge in [-0.3, -0.25) is 0 Å². The molecule has 0 aliphatic carbocycles. The summed E-state index contributed by atoms with van der Waals surface area (Å²) in [4.78, 5) is 0. The first-order valence-corrected chi connectivity index (χ1v) is 12.9. The molecule has 158 valence electrons. The molecule has 5 atom stereocenters. The standard InChI is InChI=1S/C22H36O5Si/c1-8-14-24-21-18(23)20(27-28(6,7)22(3,4)5)19(16(2)26-21)25-15-17-12-10-9-11-13-17/h8-13,16,18-21,23H,1,14-15H2,2-7H3/t16-,18+,19-,20-,21+/m0/s1. The van der Waals surface area contributed by atoms with Crippen molar-refractivity contribution in [2.24, 2.45) is 0 Å². The smallest absolute Gasteiger partial charge is 0.192 e. The summed E-state index contributed by atoms with van der Waals surface area (Å²) in [5.41, 5.74) is 1.07. The van der Waals surface area contributed by atoms with Gasteiger partial charge in [0.25, 0.3) is 0 Å². The molecule has 1 aliphatic heterocycles. The number of rotatable bonds is 8. The number of hydrogen-bond acceptors (Lipinski definition) is 5. The zero-order valence-corrected chi connectivity index (χ0v) is 19.1. The average Bonchev–Trinajstić information content (AvgIpc) is 2.62. The summed E-state index contributed by atoms with van der Waals surface area (Å²) >= 11 is 0. The van der Waals surface area contributed by atoms with Crippen molar-refractivity contribution in [3.8, 4) is 0 Å². The Kier molecular flexibility index (Phi) is 8.02. The molecule has 1 fully saturated rings. The minimum Gasteiger partial charge on any atom is -0.408 e. The number of aliphatic hydroxyl groups excluding tert-OH is 1. The predicted octanol–water partition coefficient (Wildman–Crippen LogP) is 4.27. The number of ether oxygens (including phenoxy) is 3. The molecule has 0 amide bonds. The van der Waals surface area contributed by atoms with E-state index in [0.717, 1.165) is 5.56 Å². The van der Waals surface area contributed by atoms with Crippen LogP contribution in [0.5, 0.6) is 0 Å². The Morgan fingerprint density at radius 1 is 1.14 bits per heavy atom. The lowest BCUT2D eigenvalue weighted by Gasteiger charge is -2.48. The highest BCUT2D eigenvalue weighted by molar-refractivity contribution is 6.74. The molecular weight excluding hydrogens is 372 g/mol. The second kappa shape index (κ2) is 9.65. The summed E-state index contributed by atoms with van der Waals surface area (Å²) in [6.07, 6.45) is -1.26. The lowest BCUT2D eigenvalue weighted by atomic mass is 9.99. The summed E-state index contributed by atoms with van der Waals surface area (Å²) in [6, 6.07) is 9.98. The molecule has 28 heavy (non-hydrogen) atoms. The highest BCUT2D eigenvalue weighted by atomic mass is 28.4. The first kappa shape index (κ1) is 23.3. The van der Waals surface area contributed by atoms with Crippen molar-refractivity contribution in [1.29, 1.82) is 0 Å². The lowest BCUT2D eigenvalue weighted by Crippen LogP contribution is -2.62. The fourth-order valence-electron chi connectivity index (χ4n) is 2.94. The molecule has 5 nitrogen and oxygen atoms in total. The van der Waals surface area contributed by atoms with Crippen LogP contribution in [0.15, 0.2) is 43.0 Å². The van der Waals surface area contributed by atoms with Crippen LogP contribution in [-0.4, -0.2) is 50.7 Å². The van der Waals surface area contributed by atoms with E-state index in [4.69, 9.17) is 18.6 Å². The lowest BCUT2D eigenvalue weighted by molar-refractivity contribution is -0.295. The average molecular weight is 409 g/mol. The van der Waals surface area contributed by atoms with E-state index in [-0.39, 0.29) is 11.1 Å². The maximum atomic E-state index is 11.0. The van der Waals surface area contributed by atoms with Crippen molar-refractivity contribution in [3.05, 3.63) is 48.6 Å². The Morgan fingerprint density at radius 2 is 1.79 bits per heavy atom. The van der Waals surface area contributed by atoms with Gasteiger partial charge in [0.05, 0.1) is 19.3 Å². The Balaban J connectivity index is 2.21. The maximum Gasteiger partial charge on any atom is 0.192 e. The van der Waals surface area contributed by atoms with Crippen molar-refractivity contribution < 1.29 is 23.7 Å². The van der Waals surface area contributed by atoms with Crippen LogP contribution in [0.2, 0.25) is 18.1 Å². The van der Waals surface area contributed by atoms with Gasteiger partial charge < -0.3 is 23.7 Å². The van der Waals surface area contributed by atoms with Crippen molar-refractivity contribution >= 4 is 8.32 Å². The van der Waals surface area contributed by atoms with Gasteiger partial charge in [0.1, 0.15) is 18.3 Å². The van der Waals surface area contributed by atoms with Crippen LogP contribution >= 0.6 is 0 Å². The molecule has 1 aromatic rings. The largest absolute Gasteiger partial charge is 0.408 e. The van der Waals surface area contributed by atoms with E-state index in [2.05, 4.69) is 40.4 Å². The molecular formula is C22H36O5Si. The van der Waals surface area contributed by atoms with Gasteiger partial charge in [0.2, 0.25) is 0 Å². The Labute approximate surface area is 170 Å². The normalized spacial score (nSPS) is 28.9. The van der Waals surface area contributed by atoms with Crippen molar-refractivity contribution in [3.63, 3.8) is 0 Å². The number of benzene rings is 1. The molecule has 1 N–H and O–H groups in total. The molecule has 1 heterocycles. The first-order valence-electron chi connectivity index (χ1n) is 9.96. The molecule has 1 aromatic carbocycles. The van der Waals surface area contributed by atoms with Crippen LogP contribution in [0.25, 0.3) is 0 Å². The SMILES string of the molecule is C=CCO[C@@H]1O[C@@H](C)[C@H](OCc2ccccc2)[C@@H](O[Si](C)(C)C(C)(C)C)[C@H]1O. The molecule has 0 bridgehead atoms. The minimum absolute atomic E-state index is 0.00964. The Hall–Kier alpha value is -1.02. The van der Waals surface area contributed by atoms with E-state index in [1.165, 1.54) is 0 Å². The summed E-state index contributed by atoms with van der Waals surface area (Å²) in [7, 11) is -2.15. The van der Waals surface area contributed by atoms with Gasteiger partial charge in [-0.2, -0.15) is 0 Å². The van der Waals surface area contributed by atoms with Crippen LogP contribution in [0, 0.1) is 0 Å². The summed E-state index contributed by atoms with van der Waals surface area (Å²) in [6.45, 7) is 17.2. The topological polar surface area (TPSA) is 57.2 Å². The third kappa shape index (κ3) is 5.75. The number of aliphatic hydroxyl groups is 1. The van der Waals surface area contributed by atoms with Crippen LogP contribution in [-0.2, 0) is 25.2 Å². The monoisotopic (exact) mass is 408 g/mol. The van der Waals surface area contributed by atoms with Gasteiger partial charge in [0, 0.05) is 0 Å². The van der Waals surface area contributed by atoms with Crippen molar-refractivity contribution in [2.75, 3.05) is 6.61 Å². The van der Waals surface area contributed by atoms with E-state index in [9.17, 15) is 5.11 Å². The van der Waals surface area contributed by atoms with Crippen LogP contribution < -0.4 is 0 Å². The molecule has 0 spiro atoms. The van der Waals surface area contributed by atoms with E-state index in [1.807, 2.05) is 37.3 Å². The van der Waals surface area contributed by atoms with Gasteiger partial charge in [0.15, 0.2) is 14.6 Å². The summed E-state index contributed by atoms with van der Waals surface area (Å²) in [5.74, 6) is 0. The van der Waals surface area contributed by atoms with E-state index in [0.29, 0.717) is 13.2 Å². The molecule has 0 saturated carbocycles. The Morgan fingerprint density at radius 3 is 2.36 bits per heavy atom. The first-order chi connectivity index (χ1) is 13.1. The zero-order chi connectivity index (χ0) is 20.9.